The highest BCUT2D eigenvalue weighted by atomic mass is 16.5. The maximum Gasteiger partial charge on any atom is 0.343 e. The number of esters is 2. The van der Waals surface area contributed by atoms with E-state index in [0.717, 1.165) is 0 Å². The number of hydrogen-bond donors (Lipinski definition) is 0. The van der Waals surface area contributed by atoms with Gasteiger partial charge in [-0.25, -0.2) is 9.59 Å². The van der Waals surface area contributed by atoms with Gasteiger partial charge in [-0.2, -0.15) is 0 Å². The molecule has 22 heavy (non-hydrogen) atoms. The molecule has 0 aliphatic heterocycles. The first-order valence-corrected chi connectivity index (χ1v) is 6.77. The van der Waals surface area contributed by atoms with E-state index < -0.39 is 11.9 Å². The van der Waals surface area contributed by atoms with Gasteiger partial charge in [-0.15, -0.1) is 0 Å². The van der Waals surface area contributed by atoms with E-state index in [1.165, 1.54) is 13.2 Å². The molecule has 0 saturated heterocycles. The van der Waals surface area contributed by atoms with Crippen molar-refractivity contribution in [3.63, 3.8) is 0 Å². The fourth-order valence-electron chi connectivity index (χ4n) is 1.82. The van der Waals surface area contributed by atoms with Crippen molar-refractivity contribution in [3.8, 4) is 11.5 Å². The summed E-state index contributed by atoms with van der Waals surface area (Å²) in [7, 11) is 1.29. The Morgan fingerprint density at radius 2 is 1.64 bits per heavy atom. The Bertz CT molecular complexity index is 661. The molecule has 0 bridgehead atoms. The van der Waals surface area contributed by atoms with Crippen LogP contribution in [0.15, 0.2) is 48.5 Å². The van der Waals surface area contributed by atoms with Crippen molar-refractivity contribution in [1.29, 1.82) is 0 Å². The van der Waals surface area contributed by atoms with E-state index in [1.54, 1.807) is 42.5 Å². The molecule has 114 valence electrons. The molecule has 0 heterocycles. The fourth-order valence-corrected chi connectivity index (χ4v) is 1.82. The number of carbonyl (C=O) groups is 2. The van der Waals surface area contributed by atoms with Crippen molar-refractivity contribution in [2.24, 2.45) is 0 Å². The van der Waals surface area contributed by atoms with Gasteiger partial charge in [-0.1, -0.05) is 6.07 Å². The highest BCUT2D eigenvalue weighted by Crippen LogP contribution is 2.17. The molecule has 2 aromatic carbocycles. The smallest absolute Gasteiger partial charge is 0.343 e. The molecule has 0 saturated carbocycles. The zero-order chi connectivity index (χ0) is 15.9. The van der Waals surface area contributed by atoms with Crippen LogP contribution in [-0.2, 0) is 4.74 Å². The minimum Gasteiger partial charge on any atom is -0.494 e. The van der Waals surface area contributed by atoms with Crippen molar-refractivity contribution >= 4 is 11.9 Å². The van der Waals surface area contributed by atoms with Gasteiger partial charge < -0.3 is 14.2 Å². The van der Waals surface area contributed by atoms with E-state index in [9.17, 15) is 9.59 Å². The molecular weight excluding hydrogens is 284 g/mol. The second kappa shape index (κ2) is 7.26. The summed E-state index contributed by atoms with van der Waals surface area (Å²) in [5.41, 5.74) is 0.714. The second-order valence-corrected chi connectivity index (χ2v) is 4.37. The van der Waals surface area contributed by atoms with Crippen LogP contribution in [0.3, 0.4) is 0 Å². The van der Waals surface area contributed by atoms with Crippen LogP contribution >= 0.6 is 0 Å². The predicted molar refractivity (Wildman–Crippen MR) is 80.4 cm³/mol. The van der Waals surface area contributed by atoms with Crippen molar-refractivity contribution in [1.82, 2.24) is 0 Å². The molecule has 0 radical (unpaired) electrons. The Morgan fingerprint density at radius 3 is 2.27 bits per heavy atom. The van der Waals surface area contributed by atoms with E-state index in [2.05, 4.69) is 4.74 Å². The molecule has 0 aromatic heterocycles. The topological polar surface area (TPSA) is 61.8 Å². The average molecular weight is 300 g/mol. The zero-order valence-corrected chi connectivity index (χ0v) is 12.4. The largest absolute Gasteiger partial charge is 0.494 e. The summed E-state index contributed by atoms with van der Waals surface area (Å²) < 4.78 is 15.2. The van der Waals surface area contributed by atoms with E-state index in [-0.39, 0.29) is 5.75 Å². The zero-order valence-electron chi connectivity index (χ0n) is 12.4. The van der Waals surface area contributed by atoms with E-state index >= 15 is 0 Å². The Kier molecular flexibility index (Phi) is 5.14. The summed E-state index contributed by atoms with van der Waals surface area (Å²) in [6.07, 6.45) is 0. The minimum atomic E-state index is -0.509. The average Bonchev–Trinajstić information content (AvgIpc) is 2.55. The van der Waals surface area contributed by atoms with Crippen molar-refractivity contribution in [3.05, 3.63) is 59.7 Å². The number of rotatable bonds is 5. The first-order chi connectivity index (χ1) is 10.6. The lowest BCUT2D eigenvalue weighted by atomic mass is 10.2. The van der Waals surface area contributed by atoms with Gasteiger partial charge in [0.25, 0.3) is 0 Å². The third-order valence-electron chi connectivity index (χ3n) is 2.87. The van der Waals surface area contributed by atoms with Crippen LogP contribution in [0.4, 0.5) is 0 Å². The van der Waals surface area contributed by atoms with Gasteiger partial charge in [0.05, 0.1) is 24.8 Å². The van der Waals surface area contributed by atoms with E-state index in [0.29, 0.717) is 23.5 Å². The normalized spacial score (nSPS) is 9.91. The van der Waals surface area contributed by atoms with Crippen LogP contribution in [-0.4, -0.2) is 25.7 Å². The first kappa shape index (κ1) is 15.6. The molecule has 0 aliphatic rings. The summed E-state index contributed by atoms with van der Waals surface area (Å²) in [6.45, 7) is 2.45. The lowest BCUT2D eigenvalue weighted by molar-refractivity contribution is 0.0597. The van der Waals surface area contributed by atoms with Crippen LogP contribution in [0, 0.1) is 0 Å². The van der Waals surface area contributed by atoms with Gasteiger partial charge in [-0.3, -0.25) is 0 Å². The highest BCUT2D eigenvalue weighted by Gasteiger charge is 2.11. The van der Waals surface area contributed by atoms with Gasteiger partial charge in [-0.05, 0) is 49.4 Å². The lowest BCUT2D eigenvalue weighted by Gasteiger charge is -2.07. The van der Waals surface area contributed by atoms with Crippen molar-refractivity contribution in [2.75, 3.05) is 13.7 Å². The van der Waals surface area contributed by atoms with Gasteiger partial charge >= 0.3 is 11.9 Å². The molecule has 0 N–H and O–H groups in total. The molecule has 0 atom stereocenters. The Balaban J connectivity index is 2.09. The molecule has 5 heteroatoms. The van der Waals surface area contributed by atoms with Crippen molar-refractivity contribution < 1.29 is 23.8 Å². The van der Waals surface area contributed by atoms with E-state index in [1.807, 2.05) is 6.92 Å². The quantitative estimate of drug-likeness (QED) is 0.627. The maximum atomic E-state index is 12.1. The van der Waals surface area contributed by atoms with Gasteiger partial charge in [0.15, 0.2) is 0 Å². The molecule has 0 amide bonds. The van der Waals surface area contributed by atoms with Crippen LogP contribution in [0.25, 0.3) is 0 Å². The summed E-state index contributed by atoms with van der Waals surface area (Å²) in [5, 5.41) is 0. The first-order valence-electron chi connectivity index (χ1n) is 6.77. The van der Waals surface area contributed by atoms with Crippen molar-refractivity contribution in [2.45, 2.75) is 6.92 Å². The number of benzene rings is 2. The molecule has 0 fully saturated rings. The summed E-state index contributed by atoms with van der Waals surface area (Å²) >= 11 is 0. The Hall–Kier alpha value is -2.82. The SMILES string of the molecule is CCOc1ccc(C(=O)Oc2cccc(C(=O)OC)c2)cc1. The molecule has 5 nitrogen and oxygen atoms in total. The predicted octanol–water partition coefficient (Wildman–Crippen LogP) is 3.09. The fraction of sp³-hybridized carbons (Fsp3) is 0.176. The van der Waals surface area contributed by atoms with Gasteiger partial charge in [0.1, 0.15) is 11.5 Å². The molecule has 2 rings (SSSR count). The van der Waals surface area contributed by atoms with Gasteiger partial charge in [0, 0.05) is 0 Å². The lowest BCUT2D eigenvalue weighted by Crippen LogP contribution is -2.09. The molecule has 0 unspecified atom stereocenters. The van der Waals surface area contributed by atoms with Crippen LogP contribution < -0.4 is 9.47 Å². The third-order valence-corrected chi connectivity index (χ3v) is 2.87. The summed E-state index contributed by atoms with van der Waals surface area (Å²) in [5.74, 6) is -0.0300. The monoisotopic (exact) mass is 300 g/mol. The molecule has 0 spiro atoms. The second-order valence-electron chi connectivity index (χ2n) is 4.37. The Morgan fingerprint density at radius 1 is 0.909 bits per heavy atom. The number of methoxy groups -OCH3 is 1. The van der Waals surface area contributed by atoms with Gasteiger partial charge in [0.2, 0.25) is 0 Å². The van der Waals surface area contributed by atoms with E-state index in [4.69, 9.17) is 9.47 Å². The summed E-state index contributed by atoms with van der Waals surface area (Å²) in [4.78, 5) is 23.5. The number of carbonyl (C=O) groups excluding carboxylic acids is 2. The van der Waals surface area contributed by atoms with Crippen LogP contribution in [0.2, 0.25) is 0 Å². The number of ether oxygens (including phenoxy) is 3. The van der Waals surface area contributed by atoms with Crippen LogP contribution in [0.5, 0.6) is 11.5 Å². The number of hydrogen-bond acceptors (Lipinski definition) is 5. The standard InChI is InChI=1S/C17H16O5/c1-3-21-14-9-7-12(8-10-14)17(19)22-15-6-4-5-13(11-15)16(18)20-2/h4-11H,3H2,1-2H3. The third kappa shape index (κ3) is 3.85. The minimum absolute atomic E-state index is 0.279. The highest BCUT2D eigenvalue weighted by molar-refractivity contribution is 5.92. The molecule has 0 aliphatic carbocycles. The van der Waals surface area contributed by atoms with Crippen LogP contribution in [0.1, 0.15) is 27.6 Å². The molecular formula is C17H16O5. The Labute approximate surface area is 128 Å². The molecule has 2 aromatic rings. The maximum absolute atomic E-state index is 12.1. The summed E-state index contributed by atoms with van der Waals surface area (Å²) in [6, 6.07) is 12.9.